The number of anilines is 1. The van der Waals surface area contributed by atoms with Crippen molar-refractivity contribution >= 4 is 35.5 Å². The molecule has 0 unspecified atom stereocenters. The van der Waals surface area contributed by atoms with Crippen LogP contribution in [0, 0.1) is 0 Å². The van der Waals surface area contributed by atoms with Gasteiger partial charge in [-0.2, -0.15) is 10.1 Å². The number of carbonyl (C=O) groups excluding carboxylic acids is 1. The maximum absolute atomic E-state index is 13.8. The number of amidine groups is 1. The van der Waals surface area contributed by atoms with Crippen LogP contribution in [-0.4, -0.2) is 38.8 Å². The average Bonchev–Trinajstić information content (AvgIpc) is 3.03. The minimum atomic E-state index is -0.678. The Morgan fingerprint density at radius 2 is 2.11 bits per heavy atom. The number of amides is 1. The zero-order chi connectivity index (χ0) is 20.6. The molecule has 0 bridgehead atoms. The van der Waals surface area contributed by atoms with Crippen molar-refractivity contribution in [3.63, 3.8) is 0 Å². The first-order chi connectivity index (χ1) is 12.4. The Hall–Kier alpha value is -2.42. The molecule has 1 aromatic heterocycles. The van der Waals surface area contributed by atoms with Gasteiger partial charge in [-0.1, -0.05) is 0 Å². The lowest BCUT2D eigenvalue weighted by molar-refractivity contribution is 0.00451. The largest absolute Gasteiger partial charge is 0.444 e. The predicted octanol–water partition coefficient (Wildman–Crippen LogP) is 4.26. The van der Waals surface area contributed by atoms with Crippen LogP contribution in [0.1, 0.15) is 52.8 Å². The highest BCUT2D eigenvalue weighted by Crippen LogP contribution is 2.41. The van der Waals surface area contributed by atoms with E-state index in [2.05, 4.69) is 32.2 Å². The summed E-state index contributed by atoms with van der Waals surface area (Å²) in [6.45, 7) is 13.9. The molecule has 2 N–H and O–H groups in total. The van der Waals surface area contributed by atoms with Gasteiger partial charge in [0.1, 0.15) is 11.4 Å². The summed E-state index contributed by atoms with van der Waals surface area (Å²) in [4.78, 5) is 21.4. The van der Waals surface area contributed by atoms with Crippen LogP contribution in [0.15, 0.2) is 21.6 Å². The summed E-state index contributed by atoms with van der Waals surface area (Å²) in [5.74, 6) is -0.404. The van der Waals surface area contributed by atoms with Crippen LogP contribution in [-0.2, 0) is 16.8 Å². The molecule has 1 amide bonds. The summed E-state index contributed by atoms with van der Waals surface area (Å²) in [6, 6.07) is 0. The lowest BCUT2D eigenvalue weighted by atomic mass is 10.0. The number of ether oxygens (including phenoxy) is 1. The minimum absolute atomic E-state index is 0.143. The van der Waals surface area contributed by atoms with Gasteiger partial charge in [-0.05, 0) is 59.9 Å². The fourth-order valence-electron chi connectivity index (χ4n) is 2.66. The fourth-order valence-corrected chi connectivity index (χ4v) is 2.74. The molecule has 148 valence electrons. The van der Waals surface area contributed by atoms with E-state index < -0.39 is 23.1 Å². The van der Waals surface area contributed by atoms with Gasteiger partial charge in [0.2, 0.25) is 5.29 Å². The predicted molar refractivity (Wildman–Crippen MR) is 104 cm³/mol. The highest BCUT2D eigenvalue weighted by molar-refractivity contribution is 6.65. The SMILES string of the molecule is C=N/C(Cl)=N\C(Nc1n[nH]c2c1CN(C(=O)OC(C)(C)C)C2(C)C)=C(/C)F. The Balaban J connectivity index is 2.33. The van der Waals surface area contributed by atoms with Crippen molar-refractivity contribution in [3.05, 3.63) is 22.9 Å². The molecule has 10 heteroatoms. The van der Waals surface area contributed by atoms with Gasteiger partial charge in [-0.15, -0.1) is 0 Å². The summed E-state index contributed by atoms with van der Waals surface area (Å²) >= 11 is 5.72. The van der Waals surface area contributed by atoms with E-state index in [1.807, 2.05) is 13.8 Å². The molecule has 0 saturated carbocycles. The Bertz CT molecular complexity index is 818. The number of H-pyrrole nitrogens is 1. The van der Waals surface area contributed by atoms with Crippen molar-refractivity contribution in [1.29, 1.82) is 0 Å². The summed E-state index contributed by atoms with van der Waals surface area (Å²) in [7, 11) is 0. The lowest BCUT2D eigenvalue weighted by Crippen LogP contribution is -2.43. The van der Waals surface area contributed by atoms with E-state index in [0.717, 1.165) is 5.69 Å². The third kappa shape index (κ3) is 4.47. The van der Waals surface area contributed by atoms with Gasteiger partial charge in [-0.3, -0.25) is 10.00 Å². The third-order valence-corrected chi connectivity index (χ3v) is 4.19. The molecule has 8 nitrogen and oxygen atoms in total. The van der Waals surface area contributed by atoms with Gasteiger partial charge < -0.3 is 10.1 Å². The van der Waals surface area contributed by atoms with Crippen LogP contribution in [0.5, 0.6) is 0 Å². The van der Waals surface area contributed by atoms with Gasteiger partial charge in [0.05, 0.1) is 17.8 Å². The Labute approximate surface area is 162 Å². The molecule has 2 rings (SSSR count). The molecule has 0 fully saturated rings. The molecule has 1 aromatic rings. The van der Waals surface area contributed by atoms with E-state index >= 15 is 0 Å². The Morgan fingerprint density at radius 1 is 1.48 bits per heavy atom. The number of hydrogen-bond acceptors (Lipinski definition) is 5. The third-order valence-electron chi connectivity index (χ3n) is 3.98. The van der Waals surface area contributed by atoms with Crippen molar-refractivity contribution in [1.82, 2.24) is 15.1 Å². The number of aromatic nitrogens is 2. The summed E-state index contributed by atoms with van der Waals surface area (Å²) < 4.78 is 19.3. The summed E-state index contributed by atoms with van der Waals surface area (Å²) in [5.41, 5.74) is 0.141. The van der Waals surface area contributed by atoms with E-state index in [-0.39, 0.29) is 17.7 Å². The maximum atomic E-state index is 13.8. The number of nitrogens with zero attached hydrogens (tertiary/aromatic N) is 4. The van der Waals surface area contributed by atoms with Gasteiger partial charge in [0.15, 0.2) is 11.6 Å². The van der Waals surface area contributed by atoms with Crippen molar-refractivity contribution in [2.45, 2.75) is 59.2 Å². The second-order valence-corrected chi connectivity index (χ2v) is 7.94. The van der Waals surface area contributed by atoms with Crippen LogP contribution >= 0.6 is 11.6 Å². The number of allylic oxidation sites excluding steroid dienone is 1. The van der Waals surface area contributed by atoms with Crippen molar-refractivity contribution in [3.8, 4) is 0 Å². The van der Waals surface area contributed by atoms with Gasteiger partial charge in [0, 0.05) is 5.56 Å². The number of halogens is 2. The number of hydrogen-bond donors (Lipinski definition) is 2. The molecule has 0 spiro atoms. The van der Waals surface area contributed by atoms with Gasteiger partial charge in [0.25, 0.3) is 0 Å². The zero-order valence-corrected chi connectivity index (χ0v) is 17.0. The number of nitrogens with one attached hydrogen (secondary N) is 2. The normalized spacial score (nSPS) is 17.3. The highest BCUT2D eigenvalue weighted by atomic mass is 35.5. The molecule has 1 aliphatic rings. The van der Waals surface area contributed by atoms with E-state index in [9.17, 15) is 9.18 Å². The molecule has 27 heavy (non-hydrogen) atoms. The molecule has 0 aromatic carbocycles. The van der Waals surface area contributed by atoms with Crippen molar-refractivity contribution < 1.29 is 13.9 Å². The number of rotatable bonds is 3. The average molecular weight is 399 g/mol. The smallest absolute Gasteiger partial charge is 0.411 e. The molecular weight excluding hydrogens is 375 g/mol. The van der Waals surface area contributed by atoms with Crippen LogP contribution in [0.2, 0.25) is 0 Å². The minimum Gasteiger partial charge on any atom is -0.444 e. The van der Waals surface area contributed by atoms with Crippen LogP contribution < -0.4 is 5.32 Å². The molecule has 0 radical (unpaired) electrons. The first-order valence-corrected chi connectivity index (χ1v) is 8.67. The molecular formula is C17H24ClFN6O2. The quantitative estimate of drug-likeness (QED) is 0.451. The lowest BCUT2D eigenvalue weighted by Gasteiger charge is -2.33. The second-order valence-electron chi connectivity index (χ2n) is 7.60. The molecule has 0 saturated heterocycles. The van der Waals surface area contributed by atoms with Crippen LogP contribution in [0.3, 0.4) is 0 Å². The second kappa shape index (κ2) is 7.30. The van der Waals surface area contributed by atoms with Gasteiger partial charge >= 0.3 is 6.09 Å². The standard InChI is InChI=1S/C17H24ClFN6O2/c1-9(19)12(22-14(18)20-7)21-13-10-8-25(15(26)27-16(2,3)4)17(5,6)11(10)23-24-13/h7-8H2,1-6H3,(H2,21,23,24)/b12-9+,22-14-. The molecule has 1 aliphatic heterocycles. The summed E-state index contributed by atoms with van der Waals surface area (Å²) in [5, 5.41) is 9.68. The molecule has 2 heterocycles. The van der Waals surface area contributed by atoms with E-state index in [1.165, 1.54) is 6.92 Å². The van der Waals surface area contributed by atoms with Crippen LogP contribution in [0.25, 0.3) is 0 Å². The summed E-state index contributed by atoms with van der Waals surface area (Å²) in [6.07, 6.45) is -0.447. The van der Waals surface area contributed by atoms with E-state index in [0.29, 0.717) is 11.4 Å². The topological polar surface area (TPSA) is 95.0 Å². The fraction of sp³-hybridized carbons (Fsp3) is 0.529. The van der Waals surface area contributed by atoms with E-state index in [1.54, 1.807) is 25.7 Å². The number of aromatic amines is 1. The zero-order valence-electron chi connectivity index (χ0n) is 16.3. The number of aliphatic imine (C=N–C) groups is 2. The number of fused-ring (bicyclic) bond motifs is 1. The maximum Gasteiger partial charge on any atom is 0.411 e. The highest BCUT2D eigenvalue weighted by Gasteiger charge is 2.45. The van der Waals surface area contributed by atoms with Gasteiger partial charge in [-0.25, -0.2) is 14.2 Å². The molecule has 0 aliphatic carbocycles. The monoisotopic (exact) mass is 398 g/mol. The van der Waals surface area contributed by atoms with Crippen molar-refractivity contribution in [2.75, 3.05) is 5.32 Å². The first-order valence-electron chi connectivity index (χ1n) is 8.29. The Kier molecular flexibility index (Phi) is 5.65. The van der Waals surface area contributed by atoms with E-state index in [4.69, 9.17) is 16.3 Å². The van der Waals surface area contributed by atoms with Crippen LogP contribution in [0.4, 0.5) is 15.0 Å². The molecule has 0 atom stereocenters. The Morgan fingerprint density at radius 3 is 2.63 bits per heavy atom. The first kappa shape index (κ1) is 20.9. The number of carbonyl (C=O) groups is 1. The van der Waals surface area contributed by atoms with Crippen molar-refractivity contribution in [2.24, 2.45) is 9.98 Å².